The third kappa shape index (κ3) is 4.62. The molecule has 0 spiro atoms. The van der Waals surface area contributed by atoms with Crippen molar-refractivity contribution in [2.75, 3.05) is 18.4 Å². The molecule has 0 unspecified atom stereocenters. The molecule has 3 aromatic carbocycles. The van der Waals surface area contributed by atoms with Crippen LogP contribution in [0.3, 0.4) is 0 Å². The highest BCUT2D eigenvalue weighted by Crippen LogP contribution is 2.31. The summed E-state index contributed by atoms with van der Waals surface area (Å²) in [6, 6.07) is 16.8. The number of hydrogen-bond acceptors (Lipinski definition) is 5. The van der Waals surface area contributed by atoms with E-state index in [2.05, 4.69) is 4.72 Å². The molecule has 1 aliphatic heterocycles. The summed E-state index contributed by atoms with van der Waals surface area (Å²) in [7, 11) is -6.11. The average Bonchev–Trinajstić information content (AvgIpc) is 2.80. The SMILES string of the molecule is COc1cc(C)c(C)cc1S(=O)(=O)Nc1ccc2c(c1)CN(S(=O)(=O)c1ccccc1)CC2. The number of ether oxygens (including phenoxy) is 1. The molecule has 0 amide bonds. The van der Waals surface area contributed by atoms with Crippen LogP contribution in [-0.2, 0) is 33.0 Å². The largest absolute Gasteiger partial charge is 0.495 e. The van der Waals surface area contributed by atoms with Gasteiger partial charge in [-0.25, -0.2) is 16.8 Å². The molecule has 0 atom stereocenters. The number of nitrogens with one attached hydrogen (secondary N) is 1. The summed E-state index contributed by atoms with van der Waals surface area (Å²) in [5.74, 6) is 0.267. The molecule has 0 fully saturated rings. The molecule has 0 aliphatic carbocycles. The molecule has 0 aromatic heterocycles. The Hall–Kier alpha value is -2.88. The minimum absolute atomic E-state index is 0.0547. The summed E-state index contributed by atoms with van der Waals surface area (Å²) in [5, 5.41) is 0. The van der Waals surface area contributed by atoms with Gasteiger partial charge in [-0.1, -0.05) is 24.3 Å². The number of hydrogen-bond donors (Lipinski definition) is 1. The van der Waals surface area contributed by atoms with Crippen molar-refractivity contribution in [2.45, 2.75) is 36.6 Å². The molecule has 1 aliphatic rings. The second kappa shape index (κ2) is 8.81. The fourth-order valence-corrected chi connectivity index (χ4v) is 6.61. The predicted octanol–water partition coefficient (Wildman–Crippen LogP) is 3.86. The minimum atomic E-state index is -3.91. The first-order valence-corrected chi connectivity index (χ1v) is 13.4. The number of rotatable bonds is 6. The van der Waals surface area contributed by atoms with Gasteiger partial charge in [0.25, 0.3) is 10.0 Å². The van der Waals surface area contributed by atoms with E-state index in [1.54, 1.807) is 54.6 Å². The van der Waals surface area contributed by atoms with Crippen LogP contribution >= 0.6 is 0 Å². The Kier molecular flexibility index (Phi) is 6.22. The number of aryl methyl sites for hydroxylation is 2. The first kappa shape index (κ1) is 23.3. The molecule has 4 rings (SSSR count). The molecule has 0 saturated carbocycles. The zero-order chi connectivity index (χ0) is 23.8. The lowest BCUT2D eigenvalue weighted by Crippen LogP contribution is -2.36. The number of sulfonamides is 2. The molecule has 0 radical (unpaired) electrons. The van der Waals surface area contributed by atoms with Crippen LogP contribution in [0.2, 0.25) is 0 Å². The second-order valence-corrected chi connectivity index (χ2v) is 11.7. The maximum absolute atomic E-state index is 13.1. The summed E-state index contributed by atoms with van der Waals surface area (Å²) in [4.78, 5) is 0.297. The number of anilines is 1. The lowest BCUT2D eigenvalue weighted by atomic mass is 10.0. The Morgan fingerprint density at radius 1 is 0.879 bits per heavy atom. The highest BCUT2D eigenvalue weighted by Gasteiger charge is 2.29. The van der Waals surface area contributed by atoms with Gasteiger partial charge in [-0.3, -0.25) is 4.72 Å². The monoisotopic (exact) mass is 486 g/mol. The summed E-state index contributed by atoms with van der Waals surface area (Å²) >= 11 is 0. The van der Waals surface area contributed by atoms with Gasteiger partial charge in [-0.2, -0.15) is 4.31 Å². The van der Waals surface area contributed by atoms with E-state index < -0.39 is 20.0 Å². The Morgan fingerprint density at radius 3 is 2.27 bits per heavy atom. The van der Waals surface area contributed by atoms with Crippen LogP contribution in [0.15, 0.2) is 70.5 Å². The lowest BCUT2D eigenvalue weighted by Gasteiger charge is -2.28. The summed E-state index contributed by atoms with van der Waals surface area (Å²) < 4.78 is 61.6. The van der Waals surface area contributed by atoms with Crippen molar-refractivity contribution in [3.05, 3.63) is 82.9 Å². The van der Waals surface area contributed by atoms with E-state index in [-0.39, 0.29) is 22.1 Å². The average molecular weight is 487 g/mol. The molecule has 1 N–H and O–H groups in total. The molecule has 3 aromatic rings. The van der Waals surface area contributed by atoms with Crippen molar-refractivity contribution in [3.8, 4) is 5.75 Å². The molecule has 0 saturated heterocycles. The lowest BCUT2D eigenvalue weighted by molar-refractivity contribution is 0.391. The number of fused-ring (bicyclic) bond motifs is 1. The molecule has 33 heavy (non-hydrogen) atoms. The van der Waals surface area contributed by atoms with E-state index in [1.165, 1.54) is 11.4 Å². The van der Waals surface area contributed by atoms with Gasteiger partial charge in [0.2, 0.25) is 10.0 Å². The summed E-state index contributed by atoms with van der Waals surface area (Å²) in [6.07, 6.45) is 0.555. The Bertz CT molecular complexity index is 1400. The van der Waals surface area contributed by atoms with Gasteiger partial charge in [-0.15, -0.1) is 0 Å². The number of methoxy groups -OCH3 is 1. The Labute approximate surface area is 195 Å². The Balaban J connectivity index is 1.62. The van der Waals surface area contributed by atoms with E-state index in [1.807, 2.05) is 19.9 Å². The highest BCUT2D eigenvalue weighted by atomic mass is 32.2. The van der Waals surface area contributed by atoms with Crippen LogP contribution in [-0.4, -0.2) is 34.8 Å². The topological polar surface area (TPSA) is 92.8 Å². The normalized spacial score (nSPS) is 14.5. The predicted molar refractivity (Wildman–Crippen MR) is 127 cm³/mol. The van der Waals surface area contributed by atoms with Gasteiger partial charge < -0.3 is 4.74 Å². The van der Waals surface area contributed by atoms with Crippen LogP contribution < -0.4 is 9.46 Å². The molecule has 7 nitrogen and oxygen atoms in total. The number of benzene rings is 3. The summed E-state index contributed by atoms with van der Waals surface area (Å²) in [5.41, 5.74) is 3.91. The van der Waals surface area contributed by atoms with Gasteiger partial charge in [0.15, 0.2) is 0 Å². The fraction of sp³-hybridized carbons (Fsp3) is 0.250. The zero-order valence-corrected chi connectivity index (χ0v) is 20.3. The fourth-order valence-electron chi connectivity index (χ4n) is 3.88. The van der Waals surface area contributed by atoms with E-state index in [0.29, 0.717) is 18.7 Å². The summed E-state index contributed by atoms with van der Waals surface area (Å²) in [6.45, 7) is 4.28. The quantitative estimate of drug-likeness (QED) is 0.571. The maximum atomic E-state index is 13.1. The first-order valence-electron chi connectivity index (χ1n) is 10.5. The van der Waals surface area contributed by atoms with E-state index in [9.17, 15) is 16.8 Å². The van der Waals surface area contributed by atoms with Gasteiger partial charge >= 0.3 is 0 Å². The second-order valence-electron chi connectivity index (χ2n) is 8.08. The van der Waals surface area contributed by atoms with Crippen LogP contribution in [0.25, 0.3) is 0 Å². The van der Waals surface area contributed by atoms with Crippen molar-refractivity contribution in [1.82, 2.24) is 4.31 Å². The molecule has 0 bridgehead atoms. The molecule has 174 valence electrons. The van der Waals surface area contributed by atoms with Gasteiger partial charge in [0.05, 0.1) is 12.0 Å². The molecule has 9 heteroatoms. The molecular weight excluding hydrogens is 460 g/mol. The number of nitrogens with zero attached hydrogens (tertiary/aromatic N) is 1. The third-order valence-electron chi connectivity index (χ3n) is 5.89. The smallest absolute Gasteiger partial charge is 0.265 e. The van der Waals surface area contributed by atoms with Crippen molar-refractivity contribution in [3.63, 3.8) is 0 Å². The van der Waals surface area contributed by atoms with Crippen LogP contribution in [0.5, 0.6) is 5.75 Å². The Morgan fingerprint density at radius 2 is 1.58 bits per heavy atom. The van der Waals surface area contributed by atoms with E-state index in [0.717, 1.165) is 22.3 Å². The minimum Gasteiger partial charge on any atom is -0.495 e. The van der Waals surface area contributed by atoms with Crippen molar-refractivity contribution < 1.29 is 21.6 Å². The van der Waals surface area contributed by atoms with Gasteiger partial charge in [0, 0.05) is 18.8 Å². The highest BCUT2D eigenvalue weighted by molar-refractivity contribution is 7.92. The third-order valence-corrected chi connectivity index (χ3v) is 9.15. The molecule has 1 heterocycles. The van der Waals surface area contributed by atoms with Crippen LogP contribution in [0.4, 0.5) is 5.69 Å². The standard InChI is InChI=1S/C24H26N2O5S2/c1-17-13-23(31-3)24(14-18(17)2)32(27,28)25-21-10-9-19-11-12-26(16-20(19)15-21)33(29,30)22-7-5-4-6-8-22/h4-10,13-15,25H,11-12,16H2,1-3H3. The van der Waals surface area contributed by atoms with Gasteiger partial charge in [-0.05, 0) is 78.9 Å². The van der Waals surface area contributed by atoms with Crippen LogP contribution in [0.1, 0.15) is 22.3 Å². The van der Waals surface area contributed by atoms with Crippen molar-refractivity contribution in [2.24, 2.45) is 0 Å². The van der Waals surface area contributed by atoms with E-state index >= 15 is 0 Å². The molecular formula is C24H26N2O5S2. The van der Waals surface area contributed by atoms with E-state index in [4.69, 9.17) is 4.74 Å². The maximum Gasteiger partial charge on any atom is 0.265 e. The van der Waals surface area contributed by atoms with Crippen molar-refractivity contribution >= 4 is 25.7 Å². The van der Waals surface area contributed by atoms with Gasteiger partial charge in [0.1, 0.15) is 10.6 Å². The zero-order valence-electron chi connectivity index (χ0n) is 18.7. The van der Waals surface area contributed by atoms with Crippen LogP contribution in [0, 0.1) is 13.8 Å². The first-order chi connectivity index (χ1) is 15.6. The van der Waals surface area contributed by atoms with Crippen molar-refractivity contribution in [1.29, 1.82) is 0 Å².